The summed E-state index contributed by atoms with van der Waals surface area (Å²) >= 11 is 0. The largest absolute Gasteiger partial charge is 0.481 e. The summed E-state index contributed by atoms with van der Waals surface area (Å²) in [4.78, 5) is 22.7. The molecule has 0 unspecified atom stereocenters. The lowest BCUT2D eigenvalue weighted by Gasteiger charge is -2.26. The van der Waals surface area contributed by atoms with Crippen molar-refractivity contribution in [2.24, 2.45) is 0 Å². The molecule has 1 aromatic carbocycles. The lowest BCUT2D eigenvalue weighted by Crippen LogP contribution is -2.44. The fourth-order valence-electron chi connectivity index (χ4n) is 2.15. The number of amides is 1. The molecule has 4 nitrogen and oxygen atoms in total. The Bertz CT molecular complexity index is 480. The monoisotopic (exact) mass is 277 g/mol. The van der Waals surface area contributed by atoms with Crippen molar-refractivity contribution >= 4 is 11.9 Å². The van der Waals surface area contributed by atoms with Gasteiger partial charge in [-0.15, -0.1) is 0 Å². The van der Waals surface area contributed by atoms with Crippen molar-refractivity contribution in [1.29, 1.82) is 0 Å². The van der Waals surface area contributed by atoms with Crippen LogP contribution in [0.2, 0.25) is 0 Å². The average Bonchev–Trinajstić information content (AvgIpc) is 2.36. The Morgan fingerprint density at radius 1 is 1.20 bits per heavy atom. The van der Waals surface area contributed by atoms with Gasteiger partial charge in [0, 0.05) is 12.0 Å². The number of carboxylic acid groups (broad SMARTS) is 1. The molecule has 110 valence electrons. The lowest BCUT2D eigenvalue weighted by molar-refractivity contribution is -0.137. The maximum atomic E-state index is 12.1. The van der Waals surface area contributed by atoms with E-state index in [1.165, 1.54) is 5.56 Å². The minimum absolute atomic E-state index is 0.0544. The molecule has 20 heavy (non-hydrogen) atoms. The van der Waals surface area contributed by atoms with Crippen LogP contribution < -0.4 is 5.32 Å². The number of carbonyl (C=O) groups is 2. The van der Waals surface area contributed by atoms with Gasteiger partial charge in [-0.25, -0.2) is 0 Å². The van der Waals surface area contributed by atoms with Gasteiger partial charge in [0.25, 0.3) is 0 Å². The van der Waals surface area contributed by atoms with Gasteiger partial charge in [-0.3, -0.25) is 9.59 Å². The van der Waals surface area contributed by atoms with Crippen LogP contribution in [0.25, 0.3) is 0 Å². The molecule has 0 fully saturated rings. The molecule has 2 N–H and O–H groups in total. The van der Waals surface area contributed by atoms with Crippen molar-refractivity contribution in [2.75, 3.05) is 0 Å². The smallest absolute Gasteiger partial charge is 0.303 e. The Kier molecular flexibility index (Phi) is 5.74. The second-order valence-electron chi connectivity index (χ2n) is 5.62. The SMILES string of the molecule is CCc1ccccc1CC(=O)NC(C)(C)CCC(=O)O. The van der Waals surface area contributed by atoms with Crippen molar-refractivity contribution in [3.05, 3.63) is 35.4 Å². The van der Waals surface area contributed by atoms with Crippen molar-refractivity contribution in [2.45, 2.75) is 52.0 Å². The van der Waals surface area contributed by atoms with Crippen LogP contribution in [0.4, 0.5) is 0 Å². The van der Waals surface area contributed by atoms with E-state index in [9.17, 15) is 9.59 Å². The van der Waals surface area contributed by atoms with Gasteiger partial charge >= 0.3 is 5.97 Å². The second-order valence-corrected chi connectivity index (χ2v) is 5.62. The minimum atomic E-state index is -0.844. The first-order valence-electron chi connectivity index (χ1n) is 6.93. The van der Waals surface area contributed by atoms with Crippen LogP contribution in [0, 0.1) is 0 Å². The lowest BCUT2D eigenvalue weighted by atomic mass is 9.97. The van der Waals surface area contributed by atoms with Crippen molar-refractivity contribution in [3.8, 4) is 0 Å². The van der Waals surface area contributed by atoms with E-state index in [1.807, 2.05) is 38.1 Å². The predicted molar refractivity (Wildman–Crippen MR) is 78.6 cm³/mol. The van der Waals surface area contributed by atoms with Crippen LogP contribution in [0.5, 0.6) is 0 Å². The Hall–Kier alpha value is -1.84. The number of rotatable bonds is 7. The van der Waals surface area contributed by atoms with Crippen molar-refractivity contribution in [1.82, 2.24) is 5.32 Å². The van der Waals surface area contributed by atoms with Gasteiger partial charge in [-0.1, -0.05) is 31.2 Å². The third kappa shape index (κ3) is 5.43. The van der Waals surface area contributed by atoms with Gasteiger partial charge < -0.3 is 10.4 Å². The summed E-state index contributed by atoms with van der Waals surface area (Å²) in [7, 11) is 0. The molecule has 0 bridgehead atoms. The molecule has 0 atom stereocenters. The number of hydrogen-bond acceptors (Lipinski definition) is 2. The topological polar surface area (TPSA) is 66.4 Å². The first-order chi connectivity index (χ1) is 9.34. The number of carbonyl (C=O) groups excluding carboxylic acids is 1. The molecule has 0 aliphatic carbocycles. The molecule has 0 heterocycles. The number of aliphatic carboxylic acids is 1. The number of aryl methyl sites for hydroxylation is 1. The Morgan fingerprint density at radius 3 is 2.35 bits per heavy atom. The zero-order valence-corrected chi connectivity index (χ0v) is 12.4. The molecule has 1 rings (SSSR count). The van der Waals surface area contributed by atoms with Gasteiger partial charge in [-0.05, 0) is 37.8 Å². The molecule has 0 saturated heterocycles. The van der Waals surface area contributed by atoms with E-state index in [0.29, 0.717) is 12.8 Å². The van der Waals surface area contributed by atoms with Crippen LogP contribution >= 0.6 is 0 Å². The van der Waals surface area contributed by atoms with E-state index in [2.05, 4.69) is 12.2 Å². The number of carboxylic acids is 1. The molecule has 0 aliphatic heterocycles. The van der Waals surface area contributed by atoms with Crippen molar-refractivity contribution < 1.29 is 14.7 Å². The maximum absolute atomic E-state index is 12.1. The summed E-state index contributed by atoms with van der Waals surface area (Å²) in [6, 6.07) is 7.88. The molecule has 0 aliphatic rings. The Morgan fingerprint density at radius 2 is 1.80 bits per heavy atom. The van der Waals surface area contributed by atoms with Gasteiger partial charge in [-0.2, -0.15) is 0 Å². The summed E-state index contributed by atoms with van der Waals surface area (Å²) < 4.78 is 0. The molecule has 0 saturated carbocycles. The zero-order chi connectivity index (χ0) is 15.2. The highest BCUT2D eigenvalue weighted by molar-refractivity contribution is 5.79. The van der Waals surface area contributed by atoms with Gasteiger partial charge in [0.15, 0.2) is 0 Å². The number of hydrogen-bond donors (Lipinski definition) is 2. The van der Waals surface area contributed by atoms with Crippen LogP contribution in [0.15, 0.2) is 24.3 Å². The first kappa shape index (κ1) is 16.2. The van der Waals surface area contributed by atoms with Crippen molar-refractivity contribution in [3.63, 3.8) is 0 Å². The summed E-state index contributed by atoms with van der Waals surface area (Å²) in [5.41, 5.74) is 1.70. The zero-order valence-electron chi connectivity index (χ0n) is 12.4. The van der Waals surface area contributed by atoms with Crippen LogP contribution in [-0.2, 0) is 22.4 Å². The molecule has 4 heteroatoms. The first-order valence-corrected chi connectivity index (χ1v) is 6.93. The maximum Gasteiger partial charge on any atom is 0.303 e. The Balaban J connectivity index is 2.60. The standard InChI is InChI=1S/C16H23NO3/c1-4-12-7-5-6-8-13(12)11-14(18)17-16(2,3)10-9-15(19)20/h5-8H,4,9-11H2,1-3H3,(H,17,18)(H,19,20). The number of benzene rings is 1. The normalized spacial score (nSPS) is 11.2. The van der Waals surface area contributed by atoms with Gasteiger partial charge in [0.1, 0.15) is 0 Å². The fourth-order valence-corrected chi connectivity index (χ4v) is 2.15. The van der Waals surface area contributed by atoms with Gasteiger partial charge in [0.2, 0.25) is 5.91 Å². The van der Waals surface area contributed by atoms with E-state index in [0.717, 1.165) is 12.0 Å². The molecule has 1 amide bonds. The summed E-state index contributed by atoms with van der Waals surface area (Å²) in [5.74, 6) is -0.912. The molecular weight excluding hydrogens is 254 g/mol. The predicted octanol–water partition coefficient (Wildman–Crippen LogP) is 2.55. The summed E-state index contributed by atoms with van der Waals surface area (Å²) in [5, 5.41) is 11.6. The molecule has 0 radical (unpaired) electrons. The third-order valence-corrected chi connectivity index (χ3v) is 3.29. The minimum Gasteiger partial charge on any atom is -0.481 e. The van der Waals surface area contributed by atoms with E-state index in [4.69, 9.17) is 5.11 Å². The molecule has 1 aromatic rings. The van der Waals surface area contributed by atoms with E-state index < -0.39 is 11.5 Å². The molecule has 0 spiro atoms. The van der Waals surface area contributed by atoms with E-state index in [-0.39, 0.29) is 12.3 Å². The van der Waals surface area contributed by atoms with Crippen LogP contribution in [0.3, 0.4) is 0 Å². The quantitative estimate of drug-likeness (QED) is 0.805. The van der Waals surface area contributed by atoms with E-state index in [1.54, 1.807) is 0 Å². The Labute approximate surface area is 120 Å². The van der Waals surface area contributed by atoms with Crippen LogP contribution in [-0.4, -0.2) is 22.5 Å². The second kappa shape index (κ2) is 7.08. The fraction of sp³-hybridized carbons (Fsp3) is 0.500. The summed E-state index contributed by atoms with van der Waals surface area (Å²) in [6.45, 7) is 5.76. The molecular formula is C16H23NO3. The summed E-state index contributed by atoms with van der Waals surface area (Å²) in [6.07, 6.45) is 1.70. The third-order valence-electron chi connectivity index (χ3n) is 3.29. The average molecular weight is 277 g/mol. The highest BCUT2D eigenvalue weighted by Crippen LogP contribution is 2.14. The highest BCUT2D eigenvalue weighted by Gasteiger charge is 2.21. The molecule has 0 aromatic heterocycles. The number of nitrogens with one attached hydrogen (secondary N) is 1. The van der Waals surface area contributed by atoms with Gasteiger partial charge in [0.05, 0.1) is 6.42 Å². The van der Waals surface area contributed by atoms with Crippen LogP contribution in [0.1, 0.15) is 44.7 Å². The van der Waals surface area contributed by atoms with E-state index >= 15 is 0 Å². The highest BCUT2D eigenvalue weighted by atomic mass is 16.4.